The van der Waals surface area contributed by atoms with Gasteiger partial charge in [0, 0.05) is 32.9 Å². The molecule has 3 rings (SSSR count). The number of carbonyl (C=O) groups excluding carboxylic acids is 6. The van der Waals surface area contributed by atoms with Crippen LogP contribution >= 0.6 is 0 Å². The molecule has 15 heteroatoms. The Bertz CT molecular complexity index is 1480. The van der Waals surface area contributed by atoms with Gasteiger partial charge < -0.3 is 42.7 Å². The minimum atomic E-state index is -1.17. The van der Waals surface area contributed by atoms with Crippen LogP contribution in [0.4, 0.5) is 4.79 Å². The summed E-state index contributed by atoms with van der Waals surface area (Å²) >= 11 is 0. The van der Waals surface area contributed by atoms with Crippen molar-refractivity contribution in [2.24, 2.45) is 11.5 Å². The zero-order valence-corrected chi connectivity index (χ0v) is 26.3. The number of rotatable bonds is 16. The van der Waals surface area contributed by atoms with Crippen molar-refractivity contribution in [2.75, 3.05) is 13.1 Å². The van der Waals surface area contributed by atoms with Crippen LogP contribution in [0.5, 0.6) is 0 Å². The summed E-state index contributed by atoms with van der Waals surface area (Å²) < 4.78 is 0. The largest absolute Gasteiger partial charge is 0.481 e. The summed E-state index contributed by atoms with van der Waals surface area (Å²) in [6.07, 6.45) is 1.40. The number of amides is 7. The molecular weight excluding hydrogens is 610 g/mol. The second kappa shape index (κ2) is 17.5. The zero-order chi connectivity index (χ0) is 34.5. The molecule has 254 valence electrons. The van der Waals surface area contributed by atoms with E-state index in [9.17, 15) is 33.6 Å². The molecule has 1 saturated heterocycles. The Morgan fingerprint density at radius 3 is 2.28 bits per heavy atom. The van der Waals surface area contributed by atoms with Crippen molar-refractivity contribution >= 4 is 52.3 Å². The molecule has 0 aromatic heterocycles. The summed E-state index contributed by atoms with van der Waals surface area (Å²) in [5, 5.41) is 21.3. The van der Waals surface area contributed by atoms with Crippen LogP contribution in [0.1, 0.15) is 57.4 Å². The third-order valence-corrected chi connectivity index (χ3v) is 7.93. The van der Waals surface area contributed by atoms with E-state index in [0.29, 0.717) is 12.8 Å². The van der Waals surface area contributed by atoms with Gasteiger partial charge in [0.2, 0.25) is 29.5 Å². The summed E-state index contributed by atoms with van der Waals surface area (Å²) in [6.45, 7) is 1.57. The highest BCUT2D eigenvalue weighted by Crippen LogP contribution is 2.21. The van der Waals surface area contributed by atoms with Gasteiger partial charge in [0.1, 0.15) is 24.2 Å². The maximum absolute atomic E-state index is 13.8. The SMILES string of the molecule is CC(=O)NC(CCC(=O)O)C(=O)N1CCCCC1C(=O)NC(Cc1ccc2ccccc2c1)C(=O)NC(CCCNC(N)=O)C(N)=O. The lowest BCUT2D eigenvalue weighted by Gasteiger charge is -2.37. The summed E-state index contributed by atoms with van der Waals surface area (Å²) in [4.78, 5) is 88.6. The smallest absolute Gasteiger partial charge is 0.312 e. The fourth-order valence-corrected chi connectivity index (χ4v) is 5.59. The van der Waals surface area contributed by atoms with Crippen molar-refractivity contribution in [1.29, 1.82) is 0 Å². The van der Waals surface area contributed by atoms with Crippen LogP contribution in [0.25, 0.3) is 10.8 Å². The van der Waals surface area contributed by atoms with E-state index in [4.69, 9.17) is 16.6 Å². The molecule has 1 aliphatic rings. The van der Waals surface area contributed by atoms with E-state index < -0.39 is 65.7 Å². The maximum Gasteiger partial charge on any atom is 0.312 e. The molecule has 2 aromatic rings. The van der Waals surface area contributed by atoms with Crippen LogP contribution in [0, 0.1) is 0 Å². The summed E-state index contributed by atoms with van der Waals surface area (Å²) in [5.74, 6) is -4.34. The predicted molar refractivity (Wildman–Crippen MR) is 171 cm³/mol. The lowest BCUT2D eigenvalue weighted by Crippen LogP contribution is -2.60. The number of hydrogen-bond acceptors (Lipinski definition) is 7. The topological polar surface area (TPSA) is 243 Å². The minimum absolute atomic E-state index is 0.0465. The van der Waals surface area contributed by atoms with Crippen molar-refractivity contribution in [1.82, 2.24) is 26.2 Å². The highest BCUT2D eigenvalue weighted by atomic mass is 16.4. The van der Waals surface area contributed by atoms with Crippen molar-refractivity contribution in [3.8, 4) is 0 Å². The lowest BCUT2D eigenvalue weighted by atomic mass is 9.97. The molecule has 7 amide bonds. The highest BCUT2D eigenvalue weighted by molar-refractivity contribution is 5.96. The Kier molecular flexibility index (Phi) is 13.5. The van der Waals surface area contributed by atoms with E-state index in [1.165, 1.54) is 11.8 Å². The van der Waals surface area contributed by atoms with Crippen molar-refractivity contribution in [3.63, 3.8) is 0 Å². The van der Waals surface area contributed by atoms with Gasteiger partial charge in [-0.25, -0.2) is 4.79 Å². The molecule has 15 nitrogen and oxygen atoms in total. The first-order valence-corrected chi connectivity index (χ1v) is 15.6. The van der Waals surface area contributed by atoms with E-state index in [0.717, 1.165) is 16.3 Å². The molecule has 0 saturated carbocycles. The van der Waals surface area contributed by atoms with Gasteiger partial charge in [-0.3, -0.25) is 28.8 Å². The molecule has 0 bridgehead atoms. The van der Waals surface area contributed by atoms with Crippen LogP contribution in [-0.2, 0) is 35.2 Å². The summed E-state index contributed by atoms with van der Waals surface area (Å²) in [5.41, 5.74) is 11.4. The number of nitrogens with one attached hydrogen (secondary N) is 4. The van der Waals surface area contributed by atoms with E-state index >= 15 is 0 Å². The molecule has 4 atom stereocenters. The Labute approximate surface area is 272 Å². The van der Waals surface area contributed by atoms with Gasteiger partial charge in [-0.05, 0) is 54.9 Å². The Morgan fingerprint density at radius 1 is 0.894 bits per heavy atom. The number of aliphatic carboxylic acids is 1. The van der Waals surface area contributed by atoms with Gasteiger partial charge in [0.05, 0.1) is 0 Å². The van der Waals surface area contributed by atoms with Crippen LogP contribution in [0.3, 0.4) is 0 Å². The van der Waals surface area contributed by atoms with Crippen LogP contribution < -0.4 is 32.7 Å². The van der Waals surface area contributed by atoms with E-state index in [1.807, 2.05) is 42.5 Å². The molecule has 47 heavy (non-hydrogen) atoms. The molecule has 1 heterocycles. The van der Waals surface area contributed by atoms with Gasteiger partial charge in [-0.15, -0.1) is 0 Å². The lowest BCUT2D eigenvalue weighted by molar-refractivity contribution is -0.146. The Morgan fingerprint density at radius 2 is 1.62 bits per heavy atom. The minimum Gasteiger partial charge on any atom is -0.481 e. The van der Waals surface area contributed by atoms with Crippen LogP contribution in [0.15, 0.2) is 42.5 Å². The zero-order valence-electron chi connectivity index (χ0n) is 26.3. The van der Waals surface area contributed by atoms with Gasteiger partial charge in [-0.2, -0.15) is 0 Å². The Hall–Kier alpha value is -5.21. The van der Waals surface area contributed by atoms with Gasteiger partial charge in [0.25, 0.3) is 0 Å². The number of carbonyl (C=O) groups is 7. The standard InChI is InChI=1S/C32H43N7O8/c1-19(40)36-24(13-14-27(41)42)31(46)39-16-5-4-10-26(39)30(45)38-25(18-20-11-12-21-7-2-3-8-22(21)17-20)29(44)37-23(28(33)43)9-6-15-35-32(34)47/h2-3,7-8,11-12,17,23-26H,4-6,9-10,13-16,18H2,1H3,(H2,33,43)(H,36,40)(H,37,44)(H,38,45)(H,41,42)(H3,34,35,47). The number of urea groups is 1. The fourth-order valence-electron chi connectivity index (χ4n) is 5.59. The number of fused-ring (bicyclic) bond motifs is 1. The summed E-state index contributed by atoms with van der Waals surface area (Å²) in [7, 11) is 0. The number of nitrogens with zero attached hydrogens (tertiary/aromatic N) is 1. The van der Waals surface area contributed by atoms with Crippen molar-refractivity contribution in [3.05, 3.63) is 48.0 Å². The molecule has 0 radical (unpaired) electrons. The van der Waals surface area contributed by atoms with E-state index in [-0.39, 0.29) is 51.6 Å². The molecule has 4 unspecified atom stereocenters. The van der Waals surface area contributed by atoms with Crippen molar-refractivity contribution in [2.45, 2.75) is 82.5 Å². The molecular formula is C32H43N7O8. The highest BCUT2D eigenvalue weighted by Gasteiger charge is 2.37. The quantitative estimate of drug-likeness (QED) is 0.122. The van der Waals surface area contributed by atoms with Crippen LogP contribution in [0.2, 0.25) is 0 Å². The number of primary amides is 2. The van der Waals surface area contributed by atoms with Gasteiger partial charge in [-0.1, -0.05) is 42.5 Å². The molecule has 0 aliphatic carbocycles. The van der Waals surface area contributed by atoms with Crippen molar-refractivity contribution < 1.29 is 38.7 Å². The number of nitrogens with two attached hydrogens (primary N) is 2. The average Bonchev–Trinajstić information content (AvgIpc) is 3.03. The fraction of sp³-hybridized carbons (Fsp3) is 0.469. The van der Waals surface area contributed by atoms with Gasteiger partial charge in [0.15, 0.2) is 0 Å². The molecule has 0 spiro atoms. The number of piperidine rings is 1. The maximum atomic E-state index is 13.8. The third-order valence-electron chi connectivity index (χ3n) is 7.93. The number of carboxylic acids is 1. The number of carboxylic acid groups (broad SMARTS) is 1. The first kappa shape index (κ1) is 36.3. The summed E-state index contributed by atoms with van der Waals surface area (Å²) in [6, 6.07) is 8.09. The average molecular weight is 654 g/mol. The normalized spacial score (nSPS) is 16.3. The third kappa shape index (κ3) is 11.3. The molecule has 9 N–H and O–H groups in total. The van der Waals surface area contributed by atoms with Crippen LogP contribution in [-0.4, -0.2) is 88.8 Å². The number of benzene rings is 2. The molecule has 2 aromatic carbocycles. The second-order valence-electron chi connectivity index (χ2n) is 11.6. The van der Waals surface area contributed by atoms with E-state index in [1.54, 1.807) is 0 Å². The predicted octanol–water partition coefficient (Wildman–Crippen LogP) is 0.0363. The monoisotopic (exact) mass is 653 g/mol. The molecule has 1 aliphatic heterocycles. The first-order valence-electron chi connectivity index (χ1n) is 15.6. The Balaban J connectivity index is 1.85. The second-order valence-corrected chi connectivity index (χ2v) is 11.6. The number of hydrogen-bond donors (Lipinski definition) is 7. The van der Waals surface area contributed by atoms with E-state index in [2.05, 4.69) is 21.3 Å². The first-order chi connectivity index (χ1) is 22.3. The number of likely N-dealkylation sites (tertiary alicyclic amines) is 1. The van der Waals surface area contributed by atoms with Gasteiger partial charge >= 0.3 is 12.0 Å². The molecule has 1 fully saturated rings.